The molecule has 1 N–H and O–H groups in total. The molecule has 1 aromatic heterocycles. The van der Waals surface area contributed by atoms with E-state index >= 15 is 0 Å². The van der Waals surface area contributed by atoms with Crippen molar-refractivity contribution in [2.45, 2.75) is 44.9 Å². The molecule has 9 heteroatoms. The first kappa shape index (κ1) is 19.2. The van der Waals surface area contributed by atoms with Crippen LogP contribution in [-0.4, -0.2) is 47.2 Å². The monoisotopic (exact) mass is 380 g/mol. The first-order valence-corrected chi connectivity index (χ1v) is 8.84. The number of benzene rings is 1. The van der Waals surface area contributed by atoms with Crippen LogP contribution < -0.4 is 10.1 Å². The number of alkyl halides is 2. The fourth-order valence-electron chi connectivity index (χ4n) is 3.12. The first-order valence-electron chi connectivity index (χ1n) is 8.84. The fraction of sp³-hybridized carbons (Fsp3) is 0.500. The molecular formula is C18H22F2N4O3. The molecule has 2 aromatic rings. The third-order valence-corrected chi connectivity index (χ3v) is 4.60. The number of carbonyl (C=O) groups excluding carboxylic acids is 1. The second-order valence-corrected chi connectivity index (χ2v) is 6.47. The van der Waals surface area contributed by atoms with Gasteiger partial charge in [-0.1, -0.05) is 17.3 Å². The molecule has 2 heterocycles. The Balaban J connectivity index is 1.80. The van der Waals surface area contributed by atoms with Gasteiger partial charge in [-0.15, -0.1) is 0 Å². The standard InChI is InChI=1S/C18H22F2N4O3/c1-11(21-2)10-15-22-16(27-23-15)13-7-5-9-24(13)17(25)12-6-3-4-8-14(12)26-18(19)20/h3-4,6,8,11,13,18,21H,5,7,9-10H2,1-2H3. The van der Waals surface area contributed by atoms with Crippen LogP contribution in [0.5, 0.6) is 5.75 Å². The summed E-state index contributed by atoms with van der Waals surface area (Å²) in [6, 6.07) is 5.81. The van der Waals surface area contributed by atoms with Gasteiger partial charge in [0.05, 0.1) is 5.56 Å². The van der Waals surface area contributed by atoms with E-state index in [4.69, 9.17) is 4.52 Å². The SMILES string of the molecule is CNC(C)Cc1noc(C2CCCN2C(=O)c2ccccc2OC(F)F)n1. The predicted molar refractivity (Wildman–Crippen MR) is 92.6 cm³/mol. The van der Waals surface area contributed by atoms with Gasteiger partial charge in [0.2, 0.25) is 5.89 Å². The summed E-state index contributed by atoms with van der Waals surface area (Å²) in [6.45, 7) is -0.514. The van der Waals surface area contributed by atoms with Crippen LogP contribution in [0.4, 0.5) is 8.78 Å². The molecule has 27 heavy (non-hydrogen) atoms. The Hall–Kier alpha value is -2.55. The van der Waals surface area contributed by atoms with E-state index in [2.05, 4.69) is 20.2 Å². The zero-order valence-electron chi connectivity index (χ0n) is 15.2. The second kappa shape index (κ2) is 8.43. The molecular weight excluding hydrogens is 358 g/mol. The Morgan fingerprint density at radius 2 is 2.22 bits per heavy atom. The van der Waals surface area contributed by atoms with E-state index in [1.165, 1.54) is 12.1 Å². The number of aromatic nitrogens is 2. The summed E-state index contributed by atoms with van der Waals surface area (Å²) < 4.78 is 35.1. The molecule has 0 radical (unpaired) electrons. The number of likely N-dealkylation sites (N-methyl/N-ethyl adjacent to an activating group) is 1. The molecule has 1 saturated heterocycles. The van der Waals surface area contributed by atoms with E-state index in [1.54, 1.807) is 17.0 Å². The van der Waals surface area contributed by atoms with Gasteiger partial charge in [0.25, 0.3) is 5.91 Å². The maximum absolute atomic E-state index is 13.0. The summed E-state index contributed by atoms with van der Waals surface area (Å²) in [5.41, 5.74) is 0.0910. The quantitative estimate of drug-likeness (QED) is 0.796. The van der Waals surface area contributed by atoms with Crippen molar-refractivity contribution >= 4 is 5.91 Å². The predicted octanol–water partition coefficient (Wildman–Crippen LogP) is 2.80. The molecule has 0 spiro atoms. The number of halogens is 2. The van der Waals surface area contributed by atoms with Gasteiger partial charge in [-0.2, -0.15) is 13.8 Å². The fourth-order valence-corrected chi connectivity index (χ4v) is 3.12. The average molecular weight is 380 g/mol. The van der Waals surface area contributed by atoms with E-state index in [0.29, 0.717) is 31.1 Å². The van der Waals surface area contributed by atoms with Crippen LogP contribution in [0.15, 0.2) is 28.8 Å². The molecule has 146 valence electrons. The van der Waals surface area contributed by atoms with Crippen LogP contribution in [0.25, 0.3) is 0 Å². The minimum Gasteiger partial charge on any atom is -0.434 e. The number of amides is 1. The van der Waals surface area contributed by atoms with E-state index in [1.807, 2.05) is 14.0 Å². The Labute approximate surface area is 155 Å². The summed E-state index contributed by atoms with van der Waals surface area (Å²) in [6.07, 6.45) is 2.04. The zero-order valence-corrected chi connectivity index (χ0v) is 15.2. The van der Waals surface area contributed by atoms with Crippen molar-refractivity contribution in [1.82, 2.24) is 20.4 Å². The number of likely N-dealkylation sites (tertiary alicyclic amines) is 1. The number of nitrogens with one attached hydrogen (secondary N) is 1. The first-order chi connectivity index (χ1) is 13.0. The lowest BCUT2D eigenvalue weighted by Crippen LogP contribution is -2.31. The molecule has 1 aromatic carbocycles. The van der Waals surface area contributed by atoms with E-state index in [9.17, 15) is 13.6 Å². The van der Waals surface area contributed by atoms with Gasteiger partial charge in [0.15, 0.2) is 5.82 Å². The van der Waals surface area contributed by atoms with Crippen LogP contribution in [0.3, 0.4) is 0 Å². The van der Waals surface area contributed by atoms with Crippen LogP contribution >= 0.6 is 0 Å². The number of carbonyl (C=O) groups is 1. The molecule has 2 unspecified atom stereocenters. The molecule has 1 aliphatic rings. The molecule has 1 aliphatic heterocycles. The minimum atomic E-state index is -3.00. The highest BCUT2D eigenvalue weighted by atomic mass is 19.3. The van der Waals surface area contributed by atoms with Crippen molar-refractivity contribution < 1.29 is 22.8 Å². The van der Waals surface area contributed by atoms with Gasteiger partial charge in [-0.3, -0.25) is 4.79 Å². The molecule has 2 atom stereocenters. The third kappa shape index (κ3) is 4.41. The van der Waals surface area contributed by atoms with Crippen LogP contribution in [0.1, 0.15) is 47.9 Å². The van der Waals surface area contributed by atoms with Crippen molar-refractivity contribution in [2.24, 2.45) is 0 Å². The molecule has 7 nitrogen and oxygen atoms in total. The number of para-hydroxylation sites is 1. The van der Waals surface area contributed by atoms with Gasteiger partial charge in [-0.05, 0) is 38.9 Å². The summed E-state index contributed by atoms with van der Waals surface area (Å²) in [5.74, 6) is 0.397. The number of hydrogen-bond acceptors (Lipinski definition) is 6. The molecule has 1 amide bonds. The number of hydrogen-bond donors (Lipinski definition) is 1. The Bertz CT molecular complexity index is 783. The van der Waals surface area contributed by atoms with Crippen molar-refractivity contribution in [3.8, 4) is 5.75 Å². The van der Waals surface area contributed by atoms with Crippen molar-refractivity contribution in [3.05, 3.63) is 41.5 Å². The van der Waals surface area contributed by atoms with E-state index in [0.717, 1.165) is 6.42 Å². The minimum absolute atomic E-state index is 0.0910. The van der Waals surface area contributed by atoms with E-state index in [-0.39, 0.29) is 23.4 Å². The van der Waals surface area contributed by atoms with Crippen molar-refractivity contribution in [1.29, 1.82) is 0 Å². The number of rotatable bonds is 7. The molecule has 3 rings (SSSR count). The smallest absolute Gasteiger partial charge is 0.387 e. The third-order valence-electron chi connectivity index (χ3n) is 4.60. The van der Waals surface area contributed by atoms with Gasteiger partial charge < -0.3 is 19.5 Å². The molecule has 1 fully saturated rings. The molecule has 0 bridgehead atoms. The second-order valence-electron chi connectivity index (χ2n) is 6.47. The highest BCUT2D eigenvalue weighted by molar-refractivity contribution is 5.97. The highest BCUT2D eigenvalue weighted by Gasteiger charge is 2.35. The molecule has 0 saturated carbocycles. The van der Waals surface area contributed by atoms with Crippen molar-refractivity contribution in [3.63, 3.8) is 0 Å². The van der Waals surface area contributed by atoms with Gasteiger partial charge in [0.1, 0.15) is 11.8 Å². The normalized spacial score (nSPS) is 18.1. The van der Waals surface area contributed by atoms with Gasteiger partial charge in [0, 0.05) is 19.0 Å². The summed E-state index contributed by atoms with van der Waals surface area (Å²) in [5, 5.41) is 7.09. The van der Waals surface area contributed by atoms with Crippen LogP contribution in [0.2, 0.25) is 0 Å². The lowest BCUT2D eigenvalue weighted by Gasteiger charge is -2.23. The van der Waals surface area contributed by atoms with E-state index < -0.39 is 12.5 Å². The van der Waals surface area contributed by atoms with Crippen LogP contribution in [0, 0.1) is 0 Å². The summed E-state index contributed by atoms with van der Waals surface area (Å²) >= 11 is 0. The Morgan fingerprint density at radius 1 is 1.44 bits per heavy atom. The Morgan fingerprint density at radius 3 is 2.96 bits per heavy atom. The number of ether oxygens (including phenoxy) is 1. The lowest BCUT2D eigenvalue weighted by molar-refractivity contribution is -0.0503. The Kier molecular flexibility index (Phi) is 6.00. The van der Waals surface area contributed by atoms with Gasteiger partial charge in [-0.25, -0.2) is 0 Å². The summed E-state index contributed by atoms with van der Waals surface area (Å²) in [7, 11) is 1.85. The summed E-state index contributed by atoms with van der Waals surface area (Å²) in [4.78, 5) is 19.0. The lowest BCUT2D eigenvalue weighted by atomic mass is 10.1. The molecule has 0 aliphatic carbocycles. The zero-order chi connectivity index (χ0) is 19.4. The largest absolute Gasteiger partial charge is 0.434 e. The van der Waals surface area contributed by atoms with Gasteiger partial charge >= 0.3 is 6.61 Å². The average Bonchev–Trinajstić information content (AvgIpc) is 3.30. The number of nitrogens with zero attached hydrogens (tertiary/aromatic N) is 3. The topological polar surface area (TPSA) is 80.5 Å². The maximum Gasteiger partial charge on any atom is 0.387 e. The maximum atomic E-state index is 13.0. The van der Waals surface area contributed by atoms with Crippen LogP contribution in [-0.2, 0) is 6.42 Å². The highest BCUT2D eigenvalue weighted by Crippen LogP contribution is 2.34. The van der Waals surface area contributed by atoms with Crippen molar-refractivity contribution in [2.75, 3.05) is 13.6 Å².